The van der Waals surface area contributed by atoms with Crippen LogP contribution in [0.1, 0.15) is 50.8 Å². The van der Waals surface area contributed by atoms with Gasteiger partial charge >= 0.3 is 0 Å². The van der Waals surface area contributed by atoms with Crippen LogP contribution in [0.3, 0.4) is 0 Å². The third kappa shape index (κ3) is 2.80. The molecule has 20 heavy (non-hydrogen) atoms. The van der Waals surface area contributed by atoms with Crippen LogP contribution in [0.15, 0.2) is 12.4 Å². The number of aryl methyl sites for hydroxylation is 1. The van der Waals surface area contributed by atoms with Crippen LogP contribution in [0.25, 0.3) is 10.2 Å². The lowest BCUT2D eigenvalue weighted by Crippen LogP contribution is -2.26. The van der Waals surface area contributed by atoms with Gasteiger partial charge in [-0.05, 0) is 44.1 Å². The molecule has 0 amide bonds. The van der Waals surface area contributed by atoms with E-state index >= 15 is 0 Å². The fourth-order valence-corrected chi connectivity index (χ4v) is 4.04. The maximum Gasteiger partial charge on any atom is 0.138 e. The molecule has 2 heterocycles. The van der Waals surface area contributed by atoms with Gasteiger partial charge in [0.1, 0.15) is 17.0 Å². The van der Waals surface area contributed by atoms with E-state index in [1.807, 2.05) is 0 Å². The van der Waals surface area contributed by atoms with Gasteiger partial charge in [0, 0.05) is 10.9 Å². The summed E-state index contributed by atoms with van der Waals surface area (Å²) in [7, 11) is 0. The Morgan fingerprint density at radius 1 is 1.20 bits per heavy atom. The van der Waals surface area contributed by atoms with Gasteiger partial charge in [0.25, 0.3) is 0 Å². The van der Waals surface area contributed by atoms with Crippen molar-refractivity contribution in [2.24, 2.45) is 5.92 Å². The summed E-state index contributed by atoms with van der Waals surface area (Å²) in [6.45, 7) is 4.50. The van der Waals surface area contributed by atoms with Crippen molar-refractivity contribution in [2.45, 2.75) is 58.4 Å². The summed E-state index contributed by atoms with van der Waals surface area (Å²) in [5.74, 6) is 1.97. The molecule has 3 rings (SSSR count). The van der Waals surface area contributed by atoms with Crippen molar-refractivity contribution in [3.05, 3.63) is 17.3 Å². The standard InChI is InChI=1S/C16H23N3S/c1-3-11-5-7-12(8-6-11)19-15-14-9-13(4-2)20-16(14)18-10-17-15/h9-12H,3-8H2,1-2H3,(H,17,18,19). The summed E-state index contributed by atoms with van der Waals surface area (Å²) in [6.07, 6.45) is 9.34. The zero-order valence-electron chi connectivity index (χ0n) is 12.4. The van der Waals surface area contributed by atoms with E-state index in [1.165, 1.54) is 42.4 Å². The monoisotopic (exact) mass is 289 g/mol. The lowest BCUT2D eigenvalue weighted by Gasteiger charge is -2.28. The van der Waals surface area contributed by atoms with Crippen molar-refractivity contribution in [2.75, 3.05) is 5.32 Å². The highest BCUT2D eigenvalue weighted by Crippen LogP contribution is 2.32. The molecule has 0 saturated heterocycles. The van der Waals surface area contributed by atoms with Crippen molar-refractivity contribution in [3.8, 4) is 0 Å². The average Bonchev–Trinajstić information content (AvgIpc) is 2.92. The molecule has 0 aromatic carbocycles. The minimum atomic E-state index is 0.584. The van der Waals surface area contributed by atoms with Crippen LogP contribution < -0.4 is 5.32 Å². The molecule has 1 saturated carbocycles. The van der Waals surface area contributed by atoms with Crippen molar-refractivity contribution in [3.63, 3.8) is 0 Å². The molecular weight excluding hydrogens is 266 g/mol. The fraction of sp³-hybridized carbons (Fsp3) is 0.625. The van der Waals surface area contributed by atoms with Crippen molar-refractivity contribution < 1.29 is 0 Å². The highest BCUT2D eigenvalue weighted by Gasteiger charge is 2.21. The van der Waals surface area contributed by atoms with Crippen molar-refractivity contribution in [1.82, 2.24) is 9.97 Å². The van der Waals surface area contributed by atoms with E-state index in [0.29, 0.717) is 6.04 Å². The van der Waals surface area contributed by atoms with Crippen LogP contribution in [0, 0.1) is 5.92 Å². The zero-order chi connectivity index (χ0) is 13.9. The van der Waals surface area contributed by atoms with Crippen LogP contribution in [0.2, 0.25) is 0 Å². The number of nitrogens with one attached hydrogen (secondary N) is 1. The number of nitrogens with zero attached hydrogens (tertiary/aromatic N) is 2. The van der Waals surface area contributed by atoms with E-state index in [0.717, 1.165) is 23.0 Å². The predicted octanol–water partition coefficient (Wildman–Crippen LogP) is 4.63. The maximum atomic E-state index is 4.47. The average molecular weight is 289 g/mol. The van der Waals surface area contributed by atoms with Gasteiger partial charge in [-0.1, -0.05) is 20.3 Å². The van der Waals surface area contributed by atoms with Gasteiger partial charge in [-0.25, -0.2) is 9.97 Å². The first-order valence-electron chi connectivity index (χ1n) is 7.80. The first-order chi connectivity index (χ1) is 9.80. The predicted molar refractivity (Wildman–Crippen MR) is 86.5 cm³/mol. The smallest absolute Gasteiger partial charge is 0.138 e. The summed E-state index contributed by atoms with van der Waals surface area (Å²) < 4.78 is 0. The molecule has 1 aliphatic carbocycles. The first kappa shape index (κ1) is 13.8. The number of hydrogen-bond acceptors (Lipinski definition) is 4. The molecule has 0 spiro atoms. The van der Waals surface area contributed by atoms with E-state index in [-0.39, 0.29) is 0 Å². The van der Waals surface area contributed by atoms with Gasteiger partial charge in [0.15, 0.2) is 0 Å². The van der Waals surface area contributed by atoms with Crippen LogP contribution in [0.4, 0.5) is 5.82 Å². The second-order valence-corrected chi connectivity index (χ2v) is 6.89. The normalized spacial score (nSPS) is 23.1. The van der Waals surface area contributed by atoms with Crippen LogP contribution in [-0.4, -0.2) is 16.0 Å². The Morgan fingerprint density at radius 2 is 2.00 bits per heavy atom. The molecule has 0 atom stereocenters. The van der Waals surface area contributed by atoms with E-state index in [9.17, 15) is 0 Å². The fourth-order valence-electron chi connectivity index (χ4n) is 3.10. The molecule has 2 aromatic rings. The summed E-state index contributed by atoms with van der Waals surface area (Å²) in [5, 5.41) is 4.86. The van der Waals surface area contributed by atoms with Gasteiger partial charge in [-0.15, -0.1) is 11.3 Å². The molecular formula is C16H23N3S. The lowest BCUT2D eigenvalue weighted by molar-refractivity contribution is 0.330. The largest absolute Gasteiger partial charge is 0.367 e. The van der Waals surface area contributed by atoms with Gasteiger partial charge in [-0.2, -0.15) is 0 Å². The third-order valence-electron chi connectivity index (χ3n) is 4.49. The summed E-state index contributed by atoms with van der Waals surface area (Å²) >= 11 is 1.79. The van der Waals surface area contributed by atoms with E-state index in [1.54, 1.807) is 17.7 Å². The molecule has 2 aromatic heterocycles. The Bertz CT molecular complexity index is 570. The van der Waals surface area contributed by atoms with E-state index < -0.39 is 0 Å². The van der Waals surface area contributed by atoms with Crippen LogP contribution >= 0.6 is 11.3 Å². The quantitative estimate of drug-likeness (QED) is 0.891. The van der Waals surface area contributed by atoms with Crippen molar-refractivity contribution >= 4 is 27.4 Å². The molecule has 1 N–H and O–H groups in total. The number of fused-ring (bicyclic) bond motifs is 1. The second-order valence-electron chi connectivity index (χ2n) is 5.78. The highest BCUT2D eigenvalue weighted by atomic mass is 32.1. The molecule has 1 aliphatic rings. The van der Waals surface area contributed by atoms with Gasteiger partial charge in [-0.3, -0.25) is 0 Å². The molecule has 4 heteroatoms. The number of anilines is 1. The Balaban J connectivity index is 1.76. The number of hydrogen-bond donors (Lipinski definition) is 1. The van der Waals surface area contributed by atoms with Gasteiger partial charge in [0.05, 0.1) is 5.39 Å². The molecule has 0 aliphatic heterocycles. The van der Waals surface area contributed by atoms with E-state index in [2.05, 4.69) is 35.2 Å². The number of thiophene rings is 1. The Hall–Kier alpha value is -1.16. The Labute approximate surface area is 124 Å². The Kier molecular flexibility index (Phi) is 4.20. The third-order valence-corrected chi connectivity index (χ3v) is 5.68. The summed E-state index contributed by atoms with van der Waals surface area (Å²) in [5.41, 5.74) is 0. The first-order valence-corrected chi connectivity index (χ1v) is 8.61. The molecule has 1 fully saturated rings. The van der Waals surface area contributed by atoms with Crippen LogP contribution in [-0.2, 0) is 6.42 Å². The minimum Gasteiger partial charge on any atom is -0.367 e. The lowest BCUT2D eigenvalue weighted by atomic mass is 9.84. The van der Waals surface area contributed by atoms with Gasteiger partial charge in [0.2, 0.25) is 0 Å². The molecule has 0 radical (unpaired) electrons. The maximum absolute atomic E-state index is 4.47. The molecule has 0 unspecified atom stereocenters. The van der Waals surface area contributed by atoms with Gasteiger partial charge < -0.3 is 5.32 Å². The second kappa shape index (κ2) is 6.08. The topological polar surface area (TPSA) is 37.8 Å². The van der Waals surface area contributed by atoms with Crippen LogP contribution in [0.5, 0.6) is 0 Å². The number of aromatic nitrogens is 2. The SMILES string of the molecule is CCc1cc2c(NC3CCC(CC)CC3)ncnc2s1. The highest BCUT2D eigenvalue weighted by molar-refractivity contribution is 7.18. The molecule has 108 valence electrons. The number of rotatable bonds is 4. The Morgan fingerprint density at radius 3 is 2.70 bits per heavy atom. The van der Waals surface area contributed by atoms with Crippen molar-refractivity contribution in [1.29, 1.82) is 0 Å². The minimum absolute atomic E-state index is 0.584. The summed E-state index contributed by atoms with van der Waals surface area (Å²) in [4.78, 5) is 11.4. The zero-order valence-corrected chi connectivity index (χ0v) is 13.2. The molecule has 0 bridgehead atoms. The summed E-state index contributed by atoms with van der Waals surface area (Å²) in [6, 6.07) is 2.83. The molecule has 3 nitrogen and oxygen atoms in total. The van der Waals surface area contributed by atoms with E-state index in [4.69, 9.17) is 0 Å².